The van der Waals surface area contributed by atoms with Crippen LogP contribution in [0.15, 0.2) is 47.4 Å². The standard InChI is InChI=1S/C21H26FN3O3S/c1-15-7-8-20(13-16(15)2)29(27,28)25-11-9-24(10-12-25)17(3)21(26)23-19-6-4-5-18(22)14-19/h4-8,13-14,17H,9-12H2,1-3H3,(H,23,26)/t17-/m0/s1. The molecule has 0 saturated carbocycles. The number of nitrogens with one attached hydrogen (secondary N) is 1. The van der Waals surface area contributed by atoms with Gasteiger partial charge in [-0.3, -0.25) is 9.69 Å². The Balaban J connectivity index is 1.61. The highest BCUT2D eigenvalue weighted by Gasteiger charge is 2.32. The summed E-state index contributed by atoms with van der Waals surface area (Å²) in [4.78, 5) is 14.7. The zero-order valence-corrected chi connectivity index (χ0v) is 17.7. The number of benzene rings is 2. The number of amides is 1. The molecule has 2 aromatic rings. The molecule has 1 atom stereocenters. The normalized spacial score (nSPS) is 17.1. The second kappa shape index (κ2) is 8.61. The summed E-state index contributed by atoms with van der Waals surface area (Å²) in [6.07, 6.45) is 0. The van der Waals surface area contributed by atoms with E-state index in [-0.39, 0.29) is 5.91 Å². The van der Waals surface area contributed by atoms with Crippen molar-refractivity contribution in [3.8, 4) is 0 Å². The van der Waals surface area contributed by atoms with Gasteiger partial charge in [-0.1, -0.05) is 12.1 Å². The van der Waals surface area contributed by atoms with Crippen molar-refractivity contribution in [3.05, 3.63) is 59.4 Å². The van der Waals surface area contributed by atoms with Crippen LogP contribution in [0.3, 0.4) is 0 Å². The predicted octanol–water partition coefficient (Wildman–Crippen LogP) is 2.78. The monoisotopic (exact) mass is 419 g/mol. The third-order valence-electron chi connectivity index (χ3n) is 5.41. The van der Waals surface area contributed by atoms with E-state index >= 15 is 0 Å². The van der Waals surface area contributed by atoms with Crippen molar-refractivity contribution in [1.29, 1.82) is 0 Å². The average Bonchev–Trinajstić information content (AvgIpc) is 2.69. The van der Waals surface area contributed by atoms with Crippen molar-refractivity contribution in [3.63, 3.8) is 0 Å². The molecule has 1 N–H and O–H groups in total. The van der Waals surface area contributed by atoms with Crippen LogP contribution in [0.4, 0.5) is 10.1 Å². The first kappa shape index (κ1) is 21.4. The number of aryl methyl sites for hydroxylation is 2. The molecular formula is C21H26FN3O3S. The average molecular weight is 420 g/mol. The Morgan fingerprint density at radius 3 is 2.34 bits per heavy atom. The van der Waals surface area contributed by atoms with Gasteiger partial charge < -0.3 is 5.32 Å². The SMILES string of the molecule is Cc1ccc(S(=O)(=O)N2CCN([C@@H](C)C(=O)Nc3cccc(F)c3)CC2)cc1C. The summed E-state index contributed by atoms with van der Waals surface area (Å²) >= 11 is 0. The van der Waals surface area contributed by atoms with Gasteiger partial charge in [0.15, 0.2) is 0 Å². The summed E-state index contributed by atoms with van der Waals surface area (Å²) in [7, 11) is -3.56. The molecule has 0 spiro atoms. The van der Waals surface area contributed by atoms with Gasteiger partial charge in [-0.25, -0.2) is 12.8 Å². The molecule has 0 aliphatic carbocycles. The van der Waals surface area contributed by atoms with Crippen molar-refractivity contribution in [2.24, 2.45) is 0 Å². The molecule has 1 fully saturated rings. The fourth-order valence-electron chi connectivity index (χ4n) is 3.33. The largest absolute Gasteiger partial charge is 0.325 e. The summed E-state index contributed by atoms with van der Waals surface area (Å²) in [5, 5.41) is 2.71. The molecule has 0 aromatic heterocycles. The van der Waals surface area contributed by atoms with Crippen molar-refractivity contribution in [1.82, 2.24) is 9.21 Å². The van der Waals surface area contributed by atoms with E-state index in [1.165, 1.54) is 22.5 Å². The molecular weight excluding hydrogens is 393 g/mol. The number of nitrogens with zero attached hydrogens (tertiary/aromatic N) is 2. The number of piperazine rings is 1. The molecule has 0 unspecified atom stereocenters. The van der Waals surface area contributed by atoms with Crippen molar-refractivity contribution in [2.45, 2.75) is 31.7 Å². The molecule has 0 radical (unpaired) electrons. The van der Waals surface area contributed by atoms with Gasteiger partial charge in [0.2, 0.25) is 15.9 Å². The molecule has 8 heteroatoms. The van der Waals surface area contributed by atoms with Gasteiger partial charge in [0.05, 0.1) is 10.9 Å². The zero-order chi connectivity index (χ0) is 21.2. The molecule has 1 heterocycles. The first-order valence-electron chi connectivity index (χ1n) is 9.56. The molecule has 6 nitrogen and oxygen atoms in total. The van der Waals surface area contributed by atoms with Gasteiger partial charge in [0.1, 0.15) is 5.82 Å². The van der Waals surface area contributed by atoms with Crippen LogP contribution in [0.25, 0.3) is 0 Å². The minimum Gasteiger partial charge on any atom is -0.325 e. The number of carbonyl (C=O) groups is 1. The van der Waals surface area contributed by atoms with Crippen LogP contribution in [-0.4, -0.2) is 55.8 Å². The lowest BCUT2D eigenvalue weighted by atomic mass is 10.1. The predicted molar refractivity (Wildman–Crippen MR) is 111 cm³/mol. The second-order valence-electron chi connectivity index (χ2n) is 7.36. The smallest absolute Gasteiger partial charge is 0.243 e. The van der Waals surface area contributed by atoms with Crippen molar-refractivity contribution < 1.29 is 17.6 Å². The molecule has 2 aromatic carbocycles. The summed E-state index contributed by atoms with van der Waals surface area (Å²) in [6, 6.07) is 10.4. The molecule has 3 rings (SSSR count). The van der Waals surface area contributed by atoms with Crippen molar-refractivity contribution >= 4 is 21.6 Å². The lowest BCUT2D eigenvalue weighted by molar-refractivity contribution is -0.121. The quantitative estimate of drug-likeness (QED) is 0.809. The van der Waals surface area contributed by atoms with Crippen LogP contribution in [0.1, 0.15) is 18.1 Å². The third kappa shape index (κ3) is 4.83. The van der Waals surface area contributed by atoms with E-state index < -0.39 is 21.9 Å². The minimum absolute atomic E-state index is 0.249. The first-order valence-corrected chi connectivity index (χ1v) is 11.0. The van der Waals surface area contributed by atoms with E-state index in [2.05, 4.69) is 5.32 Å². The fraction of sp³-hybridized carbons (Fsp3) is 0.381. The Kier molecular flexibility index (Phi) is 6.36. The van der Waals surface area contributed by atoms with Gasteiger partial charge in [-0.05, 0) is 62.2 Å². The van der Waals surface area contributed by atoms with Gasteiger partial charge in [-0.15, -0.1) is 0 Å². The van der Waals surface area contributed by atoms with Crippen LogP contribution in [-0.2, 0) is 14.8 Å². The van der Waals surface area contributed by atoms with Gasteiger partial charge in [0, 0.05) is 31.9 Å². The molecule has 29 heavy (non-hydrogen) atoms. The van der Waals surface area contributed by atoms with E-state index in [0.717, 1.165) is 11.1 Å². The zero-order valence-electron chi connectivity index (χ0n) is 16.9. The number of sulfonamides is 1. The van der Waals surface area contributed by atoms with Gasteiger partial charge in [0.25, 0.3) is 0 Å². The fourth-order valence-corrected chi connectivity index (χ4v) is 4.84. The van der Waals surface area contributed by atoms with E-state index in [9.17, 15) is 17.6 Å². The number of carbonyl (C=O) groups excluding carboxylic acids is 1. The van der Waals surface area contributed by atoms with Gasteiger partial charge >= 0.3 is 0 Å². The summed E-state index contributed by atoms with van der Waals surface area (Å²) in [5.74, 6) is -0.665. The highest BCUT2D eigenvalue weighted by atomic mass is 32.2. The highest BCUT2D eigenvalue weighted by Crippen LogP contribution is 2.21. The number of halogens is 1. The maximum Gasteiger partial charge on any atom is 0.243 e. The molecule has 1 saturated heterocycles. The number of anilines is 1. The van der Waals surface area contributed by atoms with Crippen LogP contribution >= 0.6 is 0 Å². The Morgan fingerprint density at radius 2 is 1.72 bits per heavy atom. The van der Waals surface area contributed by atoms with E-state index in [1.54, 1.807) is 25.1 Å². The Bertz CT molecular complexity index is 1000. The number of hydrogen-bond acceptors (Lipinski definition) is 4. The maximum absolute atomic E-state index is 13.3. The summed E-state index contributed by atoms with van der Waals surface area (Å²) in [5.41, 5.74) is 2.39. The van der Waals surface area contributed by atoms with E-state index in [4.69, 9.17) is 0 Å². The van der Waals surface area contributed by atoms with Gasteiger partial charge in [-0.2, -0.15) is 4.31 Å². The summed E-state index contributed by atoms with van der Waals surface area (Å²) in [6.45, 7) is 7.12. The minimum atomic E-state index is -3.56. The number of hydrogen-bond donors (Lipinski definition) is 1. The van der Waals surface area contributed by atoms with Crippen LogP contribution in [0.2, 0.25) is 0 Å². The number of rotatable bonds is 5. The topological polar surface area (TPSA) is 69.7 Å². The maximum atomic E-state index is 13.3. The lowest BCUT2D eigenvalue weighted by Crippen LogP contribution is -2.53. The van der Waals surface area contributed by atoms with Crippen LogP contribution in [0.5, 0.6) is 0 Å². The van der Waals surface area contributed by atoms with Crippen molar-refractivity contribution in [2.75, 3.05) is 31.5 Å². The molecule has 1 aliphatic rings. The molecule has 1 aliphatic heterocycles. The Hall–Kier alpha value is -2.29. The third-order valence-corrected chi connectivity index (χ3v) is 7.30. The molecule has 0 bridgehead atoms. The molecule has 156 valence electrons. The van der Waals surface area contributed by atoms with Crippen LogP contribution < -0.4 is 5.32 Å². The first-order chi connectivity index (χ1) is 13.7. The Labute approximate surface area is 171 Å². The molecule has 1 amide bonds. The lowest BCUT2D eigenvalue weighted by Gasteiger charge is -2.36. The van der Waals surface area contributed by atoms with E-state index in [1.807, 2.05) is 24.8 Å². The second-order valence-corrected chi connectivity index (χ2v) is 9.30. The van der Waals surface area contributed by atoms with Crippen LogP contribution in [0, 0.1) is 19.7 Å². The highest BCUT2D eigenvalue weighted by molar-refractivity contribution is 7.89. The Morgan fingerprint density at radius 1 is 1.03 bits per heavy atom. The van der Waals surface area contributed by atoms with E-state index in [0.29, 0.717) is 36.8 Å². The summed E-state index contributed by atoms with van der Waals surface area (Å²) < 4.78 is 40.6.